The Morgan fingerprint density at radius 3 is 1.92 bits per heavy atom. The number of rotatable bonds is 11. The first-order valence-electron chi connectivity index (χ1n) is 14.2. The Labute approximate surface area is 231 Å². The van der Waals surface area contributed by atoms with E-state index in [1.807, 2.05) is 54.6 Å². The van der Waals surface area contributed by atoms with Crippen molar-refractivity contribution < 1.29 is 28.4 Å². The van der Waals surface area contributed by atoms with Crippen LogP contribution in [0, 0.1) is 0 Å². The van der Waals surface area contributed by atoms with Gasteiger partial charge in [-0.1, -0.05) is 97.4 Å². The lowest BCUT2D eigenvalue weighted by Gasteiger charge is -2.35. The summed E-state index contributed by atoms with van der Waals surface area (Å²) in [5.74, 6) is -0.558. The molecule has 6 nitrogen and oxygen atoms in total. The summed E-state index contributed by atoms with van der Waals surface area (Å²) in [7, 11) is 0. The third kappa shape index (κ3) is 6.60. The fourth-order valence-electron chi connectivity index (χ4n) is 5.82. The van der Waals surface area contributed by atoms with Gasteiger partial charge in [0.05, 0.1) is 26.4 Å². The minimum Gasteiger partial charge on any atom is -0.374 e. The molecule has 0 radical (unpaired) electrons. The summed E-state index contributed by atoms with van der Waals surface area (Å²) >= 11 is 0. The zero-order valence-electron chi connectivity index (χ0n) is 22.4. The molecule has 6 heteroatoms. The molecule has 0 N–H and O–H groups in total. The van der Waals surface area contributed by atoms with Crippen LogP contribution in [0.25, 0.3) is 0 Å². The second kappa shape index (κ2) is 12.7. The number of hydrogen-bond acceptors (Lipinski definition) is 6. The van der Waals surface area contributed by atoms with Gasteiger partial charge in [0.25, 0.3) is 0 Å². The lowest BCUT2D eigenvalue weighted by atomic mass is 9.94. The van der Waals surface area contributed by atoms with Gasteiger partial charge in [0, 0.05) is 12.8 Å². The van der Waals surface area contributed by atoms with Crippen LogP contribution in [0.2, 0.25) is 0 Å². The molecule has 0 aromatic heterocycles. The molecule has 0 amide bonds. The van der Waals surface area contributed by atoms with Gasteiger partial charge in [-0.15, -0.1) is 0 Å². The number of fused-ring (bicyclic) bond motifs is 1. The molecule has 1 spiro atoms. The van der Waals surface area contributed by atoms with Crippen molar-refractivity contribution in [3.63, 3.8) is 0 Å². The van der Waals surface area contributed by atoms with Crippen LogP contribution in [0.1, 0.15) is 48.8 Å². The van der Waals surface area contributed by atoms with Gasteiger partial charge in [0.1, 0.15) is 24.4 Å². The molecule has 206 valence electrons. The summed E-state index contributed by atoms with van der Waals surface area (Å²) in [6.45, 7) is 1.77. The Bertz CT molecular complexity index is 1130. The monoisotopic (exact) mass is 530 g/mol. The van der Waals surface area contributed by atoms with E-state index in [0.717, 1.165) is 42.4 Å². The summed E-state index contributed by atoms with van der Waals surface area (Å²) < 4.78 is 39.0. The van der Waals surface area contributed by atoms with Crippen LogP contribution in [0.15, 0.2) is 91.0 Å². The van der Waals surface area contributed by atoms with Crippen LogP contribution < -0.4 is 0 Å². The molecule has 3 aromatic rings. The van der Waals surface area contributed by atoms with Gasteiger partial charge in [-0.3, -0.25) is 0 Å². The van der Waals surface area contributed by atoms with Crippen molar-refractivity contribution in [2.24, 2.45) is 0 Å². The SMILES string of the molecule is c1ccc(COCC(OCc2ccccc2)[C@H]2O[C@@H]3OC4(CCCCC4)O[C@@H]3[C@H]2OCc2ccccc2)cc1. The van der Waals surface area contributed by atoms with Gasteiger partial charge in [0.15, 0.2) is 12.1 Å². The van der Waals surface area contributed by atoms with Crippen LogP contribution in [0.3, 0.4) is 0 Å². The first kappa shape index (κ1) is 26.6. The third-order valence-electron chi connectivity index (χ3n) is 7.86. The van der Waals surface area contributed by atoms with Crippen LogP contribution in [0.5, 0.6) is 0 Å². The Morgan fingerprint density at radius 2 is 1.28 bits per heavy atom. The number of benzene rings is 3. The largest absolute Gasteiger partial charge is 0.374 e. The number of hydrogen-bond donors (Lipinski definition) is 0. The third-order valence-corrected chi connectivity index (χ3v) is 7.86. The zero-order valence-corrected chi connectivity index (χ0v) is 22.4. The summed E-state index contributed by atoms with van der Waals surface area (Å²) in [4.78, 5) is 0. The second-order valence-corrected chi connectivity index (χ2v) is 10.7. The van der Waals surface area contributed by atoms with Gasteiger partial charge in [-0.2, -0.15) is 0 Å². The lowest BCUT2D eigenvalue weighted by Crippen LogP contribution is -2.46. The summed E-state index contributed by atoms with van der Waals surface area (Å²) in [5.41, 5.74) is 3.32. The van der Waals surface area contributed by atoms with E-state index in [9.17, 15) is 0 Å². The first-order chi connectivity index (χ1) is 19.3. The summed E-state index contributed by atoms with van der Waals surface area (Å²) in [6.07, 6.45) is 3.32. The predicted molar refractivity (Wildman–Crippen MR) is 147 cm³/mol. The van der Waals surface area contributed by atoms with Crippen LogP contribution in [-0.2, 0) is 48.2 Å². The van der Waals surface area contributed by atoms with E-state index in [4.69, 9.17) is 28.4 Å². The smallest absolute Gasteiger partial charge is 0.190 e. The topological polar surface area (TPSA) is 55.4 Å². The van der Waals surface area contributed by atoms with Gasteiger partial charge < -0.3 is 28.4 Å². The fraction of sp³-hybridized carbons (Fsp3) is 0.455. The Balaban J connectivity index is 1.20. The molecule has 6 rings (SSSR count). The average Bonchev–Trinajstić information content (AvgIpc) is 3.49. The van der Waals surface area contributed by atoms with Gasteiger partial charge in [-0.25, -0.2) is 0 Å². The van der Waals surface area contributed by atoms with E-state index in [2.05, 4.69) is 36.4 Å². The van der Waals surface area contributed by atoms with E-state index >= 15 is 0 Å². The maximum Gasteiger partial charge on any atom is 0.190 e. The van der Waals surface area contributed by atoms with E-state index in [1.54, 1.807) is 0 Å². The normalized spacial score (nSPS) is 26.5. The Kier molecular flexibility index (Phi) is 8.69. The minimum absolute atomic E-state index is 0.311. The summed E-state index contributed by atoms with van der Waals surface area (Å²) in [5, 5.41) is 0. The van der Waals surface area contributed by atoms with Gasteiger partial charge in [-0.05, 0) is 29.5 Å². The molecule has 3 fully saturated rings. The molecule has 3 aromatic carbocycles. The van der Waals surface area contributed by atoms with Gasteiger partial charge >= 0.3 is 0 Å². The van der Waals surface area contributed by atoms with Crippen molar-refractivity contribution in [3.05, 3.63) is 108 Å². The average molecular weight is 531 g/mol. The fourth-order valence-corrected chi connectivity index (χ4v) is 5.82. The molecule has 2 aliphatic heterocycles. The molecule has 1 aliphatic carbocycles. The maximum atomic E-state index is 6.66. The van der Waals surface area contributed by atoms with Crippen molar-refractivity contribution in [2.75, 3.05) is 6.61 Å². The molecule has 1 saturated carbocycles. The molecule has 2 heterocycles. The molecule has 5 atom stereocenters. The van der Waals surface area contributed by atoms with Crippen molar-refractivity contribution in [1.29, 1.82) is 0 Å². The van der Waals surface area contributed by atoms with Gasteiger partial charge in [0.2, 0.25) is 0 Å². The van der Waals surface area contributed by atoms with Crippen LogP contribution in [0.4, 0.5) is 0 Å². The Morgan fingerprint density at radius 1 is 0.692 bits per heavy atom. The van der Waals surface area contributed by atoms with Crippen LogP contribution >= 0.6 is 0 Å². The molecule has 0 bridgehead atoms. The Hall–Kier alpha value is -2.58. The minimum atomic E-state index is -0.558. The van der Waals surface area contributed by atoms with Crippen LogP contribution in [-0.4, -0.2) is 43.1 Å². The van der Waals surface area contributed by atoms with E-state index < -0.39 is 18.2 Å². The van der Waals surface area contributed by atoms with Crippen molar-refractivity contribution in [1.82, 2.24) is 0 Å². The van der Waals surface area contributed by atoms with E-state index in [-0.39, 0.29) is 18.3 Å². The molecule has 3 aliphatic rings. The quantitative estimate of drug-likeness (QED) is 0.295. The first-order valence-corrected chi connectivity index (χ1v) is 14.2. The number of ether oxygens (including phenoxy) is 6. The summed E-state index contributed by atoms with van der Waals surface area (Å²) in [6, 6.07) is 30.6. The maximum absolute atomic E-state index is 6.66. The molecule has 1 unspecified atom stereocenters. The highest BCUT2D eigenvalue weighted by molar-refractivity contribution is 5.15. The second-order valence-electron chi connectivity index (χ2n) is 10.7. The molecule has 39 heavy (non-hydrogen) atoms. The standard InChI is InChI=1S/C33H38O6/c1-5-13-25(14-6-1)21-34-24-28(35-22-26-15-7-2-8-16-26)29-30(36-23-27-17-9-3-10-18-27)31-32(37-29)39-33(38-31)19-11-4-12-20-33/h1-3,5-10,13-18,28-32H,4,11-12,19-24H2/t28?,29-,30+,31-,32-/m1/s1. The van der Waals surface area contributed by atoms with Crippen molar-refractivity contribution in [2.45, 2.75) is 88.4 Å². The highest BCUT2D eigenvalue weighted by Gasteiger charge is 2.60. The van der Waals surface area contributed by atoms with Crippen molar-refractivity contribution in [3.8, 4) is 0 Å². The zero-order chi connectivity index (χ0) is 26.3. The highest BCUT2D eigenvalue weighted by atomic mass is 16.8. The lowest BCUT2D eigenvalue weighted by molar-refractivity contribution is -0.261. The molecular formula is C33H38O6. The van der Waals surface area contributed by atoms with E-state index in [0.29, 0.717) is 26.4 Å². The van der Waals surface area contributed by atoms with Crippen molar-refractivity contribution >= 4 is 0 Å². The van der Waals surface area contributed by atoms with E-state index in [1.165, 1.54) is 6.42 Å². The highest BCUT2D eigenvalue weighted by Crippen LogP contribution is 2.46. The predicted octanol–water partition coefficient (Wildman–Crippen LogP) is 6.17. The molecular weight excluding hydrogens is 492 g/mol. The molecule has 2 saturated heterocycles.